The number of ether oxygens (including phenoxy) is 2. The molecule has 4 N–H and O–H groups in total. The fourth-order valence-electron chi connectivity index (χ4n) is 6.01. The summed E-state index contributed by atoms with van der Waals surface area (Å²) in [5.41, 5.74) is 5.78. The highest BCUT2D eigenvalue weighted by Gasteiger charge is 2.58. The van der Waals surface area contributed by atoms with Crippen LogP contribution in [0.15, 0.2) is 11.0 Å². The maximum atomic E-state index is 13.3. The first-order chi connectivity index (χ1) is 17.3. The summed E-state index contributed by atoms with van der Waals surface area (Å²) in [6.07, 6.45) is 1.32. The van der Waals surface area contributed by atoms with Gasteiger partial charge in [-0.25, -0.2) is 4.98 Å². The number of aliphatic hydroxyl groups is 2. The Balaban J connectivity index is 1.59. The van der Waals surface area contributed by atoms with Crippen molar-refractivity contribution in [2.45, 2.75) is 104 Å². The standard InChI is InChI=1S/C28H42N2O6S/c1-14(7-18-13-37-23(12-29)30-18)20-9-22-28(6,36-22)11-17-8-19(17)15(2)25(33)16(3)26(34)27(4,5)21(31)10-24(32)35-20/h7,13,15-17,19-22,25,31,33H,8-12,29H2,1-6H3/b14-7+/t15-,16+,17?,19?,20-,21+,22?,25-,28?/m0/s1. The molecule has 206 valence electrons. The molecule has 1 aromatic rings. The van der Waals surface area contributed by atoms with E-state index in [0.29, 0.717) is 24.8 Å². The lowest BCUT2D eigenvalue weighted by atomic mass is 9.72. The van der Waals surface area contributed by atoms with Gasteiger partial charge in [-0.15, -0.1) is 11.3 Å². The Morgan fingerprint density at radius 1 is 1.24 bits per heavy atom. The SMILES string of the molecule is C/C(=C\c1csc(CN)n1)[C@@H]1CC2OC2(C)CC2CC2[C@H](C)[C@H](O)[C@@H](C)C(=O)C(C)(C)[C@H](O)CC(=O)O1. The molecule has 9 heteroatoms. The van der Waals surface area contributed by atoms with Gasteiger partial charge in [0.1, 0.15) is 16.9 Å². The number of epoxide rings is 1. The third-order valence-electron chi connectivity index (χ3n) is 8.98. The number of Topliss-reactive ketones (excluding diaryl/α,β-unsaturated/α-hetero) is 1. The normalized spacial score (nSPS) is 40.9. The highest BCUT2D eigenvalue weighted by atomic mass is 32.1. The van der Waals surface area contributed by atoms with Crippen LogP contribution >= 0.6 is 11.3 Å². The molecule has 1 aliphatic carbocycles. The van der Waals surface area contributed by atoms with Gasteiger partial charge in [-0.05, 0) is 56.1 Å². The summed E-state index contributed by atoms with van der Waals surface area (Å²) >= 11 is 1.48. The Labute approximate surface area is 223 Å². The molecular formula is C28H42N2O6S. The molecule has 0 amide bonds. The van der Waals surface area contributed by atoms with Gasteiger partial charge < -0.3 is 25.4 Å². The van der Waals surface area contributed by atoms with E-state index in [4.69, 9.17) is 15.2 Å². The molecule has 3 aliphatic rings. The van der Waals surface area contributed by atoms with E-state index in [0.717, 1.165) is 29.1 Å². The second-order valence-electron chi connectivity index (χ2n) is 12.2. The van der Waals surface area contributed by atoms with E-state index in [1.165, 1.54) is 11.3 Å². The minimum atomic E-state index is -1.24. The number of carbonyl (C=O) groups excluding carboxylic acids is 2. The number of thiazole rings is 1. The number of hydrogen-bond donors (Lipinski definition) is 3. The number of nitrogens with two attached hydrogens (primary N) is 1. The Bertz CT molecular complexity index is 1050. The summed E-state index contributed by atoms with van der Waals surface area (Å²) in [5, 5.41) is 24.7. The first-order valence-electron chi connectivity index (χ1n) is 13.4. The molecule has 1 saturated carbocycles. The van der Waals surface area contributed by atoms with E-state index >= 15 is 0 Å². The molecule has 4 rings (SSSR count). The van der Waals surface area contributed by atoms with Gasteiger partial charge in [-0.2, -0.15) is 0 Å². The third kappa shape index (κ3) is 6.01. The topological polar surface area (TPSA) is 135 Å². The van der Waals surface area contributed by atoms with Gasteiger partial charge in [0.15, 0.2) is 0 Å². The third-order valence-corrected chi connectivity index (χ3v) is 9.87. The predicted molar refractivity (Wildman–Crippen MR) is 141 cm³/mol. The number of hydrogen-bond acceptors (Lipinski definition) is 9. The number of aliphatic hydroxyl groups excluding tert-OH is 2. The lowest BCUT2D eigenvalue weighted by molar-refractivity contribution is -0.154. The zero-order valence-corrected chi connectivity index (χ0v) is 23.6. The fourth-order valence-corrected chi connectivity index (χ4v) is 6.64. The minimum Gasteiger partial charge on any atom is -0.458 e. The van der Waals surface area contributed by atoms with E-state index in [-0.39, 0.29) is 29.8 Å². The smallest absolute Gasteiger partial charge is 0.309 e. The van der Waals surface area contributed by atoms with Crippen molar-refractivity contribution < 1.29 is 29.3 Å². The number of rotatable bonds is 3. The second kappa shape index (κ2) is 10.5. The average Bonchev–Trinajstić information content (AvgIpc) is 3.68. The molecule has 2 aliphatic heterocycles. The molecule has 0 bridgehead atoms. The Hall–Kier alpha value is -1.65. The maximum absolute atomic E-state index is 13.3. The van der Waals surface area contributed by atoms with Gasteiger partial charge in [0.2, 0.25) is 0 Å². The van der Waals surface area contributed by atoms with Crippen LogP contribution in [0.1, 0.15) is 77.9 Å². The van der Waals surface area contributed by atoms with Gasteiger partial charge in [0.25, 0.3) is 0 Å². The number of ketones is 1. The highest BCUT2D eigenvalue weighted by Crippen LogP contribution is 2.56. The van der Waals surface area contributed by atoms with Gasteiger partial charge in [-0.3, -0.25) is 9.59 Å². The number of fused-ring (bicyclic) bond motifs is 2. The zero-order chi connectivity index (χ0) is 27.3. The van der Waals surface area contributed by atoms with Crippen molar-refractivity contribution in [3.63, 3.8) is 0 Å². The lowest BCUT2D eigenvalue weighted by Crippen LogP contribution is -2.46. The Kier molecular flexibility index (Phi) is 8.04. The van der Waals surface area contributed by atoms with Crippen molar-refractivity contribution in [2.24, 2.45) is 34.8 Å². The molecule has 9 atom stereocenters. The van der Waals surface area contributed by atoms with Crippen LogP contribution in [0, 0.1) is 29.1 Å². The van der Waals surface area contributed by atoms with Crippen LogP contribution in [0.5, 0.6) is 0 Å². The van der Waals surface area contributed by atoms with E-state index < -0.39 is 35.6 Å². The number of cyclic esters (lactones) is 1. The van der Waals surface area contributed by atoms with Gasteiger partial charge in [0, 0.05) is 24.3 Å². The summed E-state index contributed by atoms with van der Waals surface area (Å²) in [5.74, 6) is -0.753. The van der Waals surface area contributed by atoms with Crippen molar-refractivity contribution in [3.8, 4) is 0 Å². The number of aromatic nitrogens is 1. The monoisotopic (exact) mass is 534 g/mol. The number of nitrogens with zero attached hydrogens (tertiary/aromatic N) is 1. The second-order valence-corrected chi connectivity index (χ2v) is 13.1. The fraction of sp³-hybridized carbons (Fsp3) is 0.750. The summed E-state index contributed by atoms with van der Waals surface area (Å²) < 4.78 is 12.1. The minimum absolute atomic E-state index is 0.0370. The van der Waals surface area contributed by atoms with Crippen molar-refractivity contribution in [1.29, 1.82) is 0 Å². The van der Waals surface area contributed by atoms with E-state index in [2.05, 4.69) is 11.9 Å². The average molecular weight is 535 g/mol. The summed E-state index contributed by atoms with van der Waals surface area (Å²) in [6, 6.07) is 0. The van der Waals surface area contributed by atoms with Crippen LogP contribution < -0.4 is 5.73 Å². The van der Waals surface area contributed by atoms with Crippen LogP contribution in [0.25, 0.3) is 6.08 Å². The number of carbonyl (C=O) groups is 2. The molecule has 2 saturated heterocycles. The summed E-state index contributed by atoms with van der Waals surface area (Å²) in [7, 11) is 0. The predicted octanol–water partition coefficient (Wildman–Crippen LogP) is 3.48. The van der Waals surface area contributed by atoms with Crippen molar-refractivity contribution in [1.82, 2.24) is 4.98 Å². The number of esters is 1. The van der Waals surface area contributed by atoms with E-state index in [9.17, 15) is 19.8 Å². The highest BCUT2D eigenvalue weighted by molar-refractivity contribution is 7.09. The quantitative estimate of drug-likeness (QED) is 0.396. The molecule has 3 heterocycles. The molecule has 37 heavy (non-hydrogen) atoms. The molecule has 1 aromatic heterocycles. The van der Waals surface area contributed by atoms with Crippen LogP contribution in [-0.4, -0.2) is 57.0 Å². The zero-order valence-electron chi connectivity index (χ0n) is 22.8. The first kappa shape index (κ1) is 28.4. The van der Waals surface area contributed by atoms with E-state index in [1.54, 1.807) is 20.8 Å². The van der Waals surface area contributed by atoms with Crippen LogP contribution in [0.2, 0.25) is 0 Å². The molecule has 0 radical (unpaired) electrons. The van der Waals surface area contributed by atoms with Gasteiger partial charge >= 0.3 is 5.97 Å². The Morgan fingerprint density at radius 3 is 2.59 bits per heavy atom. The Morgan fingerprint density at radius 2 is 1.95 bits per heavy atom. The van der Waals surface area contributed by atoms with E-state index in [1.807, 2.05) is 25.3 Å². The molecule has 3 fully saturated rings. The van der Waals surface area contributed by atoms with Crippen molar-refractivity contribution in [2.75, 3.05) is 0 Å². The molecule has 8 nitrogen and oxygen atoms in total. The molecule has 0 spiro atoms. The van der Waals surface area contributed by atoms with Crippen LogP contribution in [0.4, 0.5) is 0 Å². The first-order valence-corrected chi connectivity index (χ1v) is 14.2. The van der Waals surface area contributed by atoms with Crippen LogP contribution in [0.3, 0.4) is 0 Å². The van der Waals surface area contributed by atoms with Gasteiger partial charge in [0.05, 0.1) is 41.4 Å². The molecule has 0 aromatic carbocycles. The van der Waals surface area contributed by atoms with Crippen molar-refractivity contribution in [3.05, 3.63) is 21.7 Å². The molecule has 4 unspecified atom stereocenters. The molecular weight excluding hydrogens is 492 g/mol. The van der Waals surface area contributed by atoms with Crippen LogP contribution in [-0.2, 0) is 25.6 Å². The van der Waals surface area contributed by atoms with Gasteiger partial charge in [-0.1, -0.05) is 27.7 Å². The maximum Gasteiger partial charge on any atom is 0.309 e. The summed E-state index contributed by atoms with van der Waals surface area (Å²) in [4.78, 5) is 30.9. The van der Waals surface area contributed by atoms with Crippen molar-refractivity contribution >= 4 is 29.2 Å². The largest absolute Gasteiger partial charge is 0.458 e. The lowest BCUT2D eigenvalue weighted by Gasteiger charge is -2.34. The summed E-state index contributed by atoms with van der Waals surface area (Å²) in [6.45, 7) is 11.4.